The van der Waals surface area contributed by atoms with Crippen LogP contribution >= 0.6 is 0 Å². The molecule has 0 amide bonds. The number of piperidine rings is 1. The molecule has 2 nitrogen and oxygen atoms in total. The molecule has 0 aromatic carbocycles. The Morgan fingerprint density at radius 3 is 2.60 bits per heavy atom. The predicted molar refractivity (Wildman–Crippen MR) is 38.9 cm³/mol. The van der Waals surface area contributed by atoms with E-state index in [0.29, 0.717) is 0 Å². The number of nitrogens with zero attached hydrogens (tertiary/aromatic N) is 1. The Hall–Kier alpha value is -0.0800. The fourth-order valence-electron chi connectivity index (χ4n) is 1.72. The van der Waals surface area contributed by atoms with Crippen LogP contribution in [-0.2, 0) is 4.74 Å². The lowest BCUT2D eigenvalue weighted by molar-refractivity contribution is -0.0648. The van der Waals surface area contributed by atoms with E-state index in [1.807, 2.05) is 0 Å². The highest BCUT2D eigenvalue weighted by Crippen LogP contribution is 2.26. The monoisotopic (exact) mass is 140 g/mol. The molecule has 2 aliphatic heterocycles. The largest absolute Gasteiger partial charge is 0.381 e. The van der Waals surface area contributed by atoms with Gasteiger partial charge in [-0.05, 0) is 18.8 Å². The maximum absolute atomic E-state index is 5.15. The van der Waals surface area contributed by atoms with Crippen molar-refractivity contribution in [1.29, 1.82) is 0 Å². The molecule has 0 saturated carbocycles. The van der Waals surface area contributed by atoms with Crippen LogP contribution in [0.4, 0.5) is 0 Å². The minimum absolute atomic E-state index is 0.851. The second-order valence-electron chi connectivity index (χ2n) is 3.33. The molecule has 2 aliphatic rings. The summed E-state index contributed by atoms with van der Waals surface area (Å²) in [6.45, 7) is 4.21. The van der Waals surface area contributed by atoms with Gasteiger partial charge in [0.25, 0.3) is 0 Å². The molecule has 1 unspecified atom stereocenters. The van der Waals surface area contributed by atoms with Crippen molar-refractivity contribution in [3.8, 4) is 0 Å². The van der Waals surface area contributed by atoms with Crippen LogP contribution < -0.4 is 5.32 Å². The number of hydrogen-bond acceptors (Lipinski definition) is 1. The summed E-state index contributed by atoms with van der Waals surface area (Å²) in [6, 6.07) is 0. The molecule has 0 spiro atoms. The smallest absolute Gasteiger partial charge is 0.0519 e. The number of ether oxygens (including phenoxy) is 1. The van der Waals surface area contributed by atoms with Crippen LogP contribution in [0.1, 0.15) is 12.8 Å². The standard InChI is InChI=1S/C8H14NO/c1-2-7(4-9-3-1)8-5-10-6-8/h7-8H,1-6H2. The first-order valence-electron chi connectivity index (χ1n) is 4.18. The lowest BCUT2D eigenvalue weighted by Gasteiger charge is -2.35. The van der Waals surface area contributed by atoms with E-state index in [4.69, 9.17) is 4.74 Å². The van der Waals surface area contributed by atoms with Crippen LogP contribution in [0.5, 0.6) is 0 Å². The van der Waals surface area contributed by atoms with Crippen molar-refractivity contribution in [2.75, 3.05) is 26.3 Å². The normalized spacial score (nSPS) is 35.4. The lowest BCUT2D eigenvalue weighted by atomic mass is 9.85. The average molecular weight is 140 g/mol. The van der Waals surface area contributed by atoms with Gasteiger partial charge in [0.05, 0.1) is 13.2 Å². The highest BCUT2D eigenvalue weighted by Gasteiger charge is 2.29. The van der Waals surface area contributed by atoms with Gasteiger partial charge in [0.1, 0.15) is 0 Å². The van der Waals surface area contributed by atoms with Gasteiger partial charge in [0.2, 0.25) is 0 Å². The Morgan fingerprint density at radius 1 is 1.20 bits per heavy atom. The molecule has 0 aromatic heterocycles. The maximum Gasteiger partial charge on any atom is 0.0519 e. The van der Waals surface area contributed by atoms with E-state index < -0.39 is 0 Å². The predicted octanol–water partition coefficient (Wildman–Crippen LogP) is 0.647. The molecule has 2 fully saturated rings. The summed E-state index contributed by atoms with van der Waals surface area (Å²) in [5.41, 5.74) is 0. The molecule has 2 rings (SSSR count). The van der Waals surface area contributed by atoms with Gasteiger partial charge in [0, 0.05) is 19.0 Å². The van der Waals surface area contributed by atoms with Gasteiger partial charge in [-0.2, -0.15) is 0 Å². The summed E-state index contributed by atoms with van der Waals surface area (Å²) in [4.78, 5) is 0. The molecule has 1 radical (unpaired) electrons. The van der Waals surface area contributed by atoms with Crippen LogP contribution in [-0.4, -0.2) is 26.3 Å². The topological polar surface area (TPSA) is 23.3 Å². The number of hydrogen-bond donors (Lipinski definition) is 0. The molecule has 10 heavy (non-hydrogen) atoms. The third-order valence-electron chi connectivity index (χ3n) is 2.59. The van der Waals surface area contributed by atoms with Crippen LogP contribution in [0.25, 0.3) is 0 Å². The van der Waals surface area contributed by atoms with Crippen LogP contribution in [0.3, 0.4) is 0 Å². The van der Waals surface area contributed by atoms with E-state index in [-0.39, 0.29) is 0 Å². The third kappa shape index (κ3) is 1.18. The summed E-state index contributed by atoms with van der Waals surface area (Å²) in [5, 5.41) is 4.41. The van der Waals surface area contributed by atoms with E-state index >= 15 is 0 Å². The van der Waals surface area contributed by atoms with Gasteiger partial charge in [-0.3, -0.25) is 0 Å². The molecule has 0 aliphatic carbocycles. The fourth-order valence-corrected chi connectivity index (χ4v) is 1.72. The molecule has 57 valence electrons. The van der Waals surface area contributed by atoms with Gasteiger partial charge in [0.15, 0.2) is 0 Å². The zero-order chi connectivity index (χ0) is 6.81. The summed E-state index contributed by atoms with van der Waals surface area (Å²) >= 11 is 0. The van der Waals surface area contributed by atoms with E-state index in [1.165, 1.54) is 12.8 Å². The molecule has 2 heterocycles. The first kappa shape index (κ1) is 6.62. The lowest BCUT2D eigenvalue weighted by Crippen LogP contribution is -2.40. The Labute approximate surface area is 61.9 Å². The highest BCUT2D eigenvalue weighted by atomic mass is 16.5. The van der Waals surface area contributed by atoms with Gasteiger partial charge in [-0.25, -0.2) is 5.32 Å². The van der Waals surface area contributed by atoms with E-state index in [2.05, 4.69) is 5.32 Å². The van der Waals surface area contributed by atoms with Crippen molar-refractivity contribution >= 4 is 0 Å². The van der Waals surface area contributed by atoms with Crippen molar-refractivity contribution in [2.24, 2.45) is 11.8 Å². The summed E-state index contributed by atoms with van der Waals surface area (Å²) in [7, 11) is 0. The first-order chi connectivity index (χ1) is 4.97. The Morgan fingerprint density at radius 2 is 2.10 bits per heavy atom. The summed E-state index contributed by atoms with van der Waals surface area (Å²) < 4.78 is 5.15. The molecule has 0 bridgehead atoms. The molecule has 2 heteroatoms. The quantitative estimate of drug-likeness (QED) is 0.524. The van der Waals surface area contributed by atoms with E-state index in [9.17, 15) is 0 Å². The molecule has 0 aromatic rings. The zero-order valence-electron chi connectivity index (χ0n) is 6.25. The van der Waals surface area contributed by atoms with Crippen molar-refractivity contribution < 1.29 is 4.74 Å². The fraction of sp³-hybridized carbons (Fsp3) is 1.00. The van der Waals surface area contributed by atoms with Crippen LogP contribution in [0.15, 0.2) is 0 Å². The molecule has 0 N–H and O–H groups in total. The van der Waals surface area contributed by atoms with E-state index in [1.54, 1.807) is 0 Å². The molecule has 2 saturated heterocycles. The zero-order valence-corrected chi connectivity index (χ0v) is 6.25. The van der Waals surface area contributed by atoms with Gasteiger partial charge >= 0.3 is 0 Å². The first-order valence-corrected chi connectivity index (χ1v) is 4.18. The van der Waals surface area contributed by atoms with Crippen LogP contribution in [0.2, 0.25) is 0 Å². The Kier molecular flexibility index (Phi) is 1.91. The van der Waals surface area contributed by atoms with Crippen molar-refractivity contribution in [1.82, 2.24) is 5.32 Å². The molecular weight excluding hydrogens is 126 g/mol. The van der Waals surface area contributed by atoms with Crippen molar-refractivity contribution in [3.05, 3.63) is 0 Å². The van der Waals surface area contributed by atoms with Gasteiger partial charge in [-0.15, -0.1) is 0 Å². The summed E-state index contributed by atoms with van der Waals surface area (Å²) in [6.07, 6.45) is 2.69. The van der Waals surface area contributed by atoms with Gasteiger partial charge in [-0.1, -0.05) is 0 Å². The maximum atomic E-state index is 5.15. The average Bonchev–Trinajstić information content (AvgIpc) is 1.86. The van der Waals surface area contributed by atoms with Gasteiger partial charge < -0.3 is 4.74 Å². The Balaban J connectivity index is 1.78. The second-order valence-corrected chi connectivity index (χ2v) is 3.33. The highest BCUT2D eigenvalue weighted by molar-refractivity contribution is 4.79. The molecular formula is C8H14NO. The van der Waals surface area contributed by atoms with E-state index in [0.717, 1.165) is 38.1 Å². The van der Waals surface area contributed by atoms with Crippen molar-refractivity contribution in [2.45, 2.75) is 12.8 Å². The number of rotatable bonds is 1. The molecule has 1 atom stereocenters. The minimum Gasteiger partial charge on any atom is -0.381 e. The van der Waals surface area contributed by atoms with Crippen molar-refractivity contribution in [3.63, 3.8) is 0 Å². The third-order valence-corrected chi connectivity index (χ3v) is 2.59. The minimum atomic E-state index is 0.851. The Bertz CT molecular complexity index is 106. The summed E-state index contributed by atoms with van der Waals surface area (Å²) in [5.74, 6) is 1.71. The SMILES string of the molecule is C1C[N]CC(C2COC2)C1. The second kappa shape index (κ2) is 2.89. The van der Waals surface area contributed by atoms with Crippen LogP contribution in [0, 0.1) is 11.8 Å².